The quantitative estimate of drug-likeness (QED) is 0.707. The largest absolute Gasteiger partial charge is 0.466 e. The Morgan fingerprint density at radius 3 is 2.66 bits per heavy atom. The van der Waals surface area contributed by atoms with Crippen molar-refractivity contribution in [3.63, 3.8) is 0 Å². The Kier molecular flexibility index (Phi) is 6.83. The average molecular weight is 447 g/mol. The Hall–Kier alpha value is -2.42. The van der Waals surface area contributed by atoms with Crippen LogP contribution in [0.3, 0.4) is 0 Å². The summed E-state index contributed by atoms with van der Waals surface area (Å²) in [7, 11) is 0. The van der Waals surface area contributed by atoms with Crippen LogP contribution >= 0.6 is 0 Å². The van der Waals surface area contributed by atoms with Crippen molar-refractivity contribution in [2.75, 3.05) is 19.8 Å². The van der Waals surface area contributed by atoms with Crippen LogP contribution in [0.5, 0.6) is 5.88 Å². The minimum absolute atomic E-state index is 0.114. The molecule has 1 N–H and O–H groups in total. The molecular formula is C23H34N4O5. The van der Waals surface area contributed by atoms with Crippen LogP contribution in [0.15, 0.2) is 12.4 Å². The molecule has 1 aromatic rings. The minimum atomic E-state index is -0.587. The SMILES string of the molecule is CC(C)(C)OC(=O)N[C@H]1CCCN2C(=O)COc3nccnc3[C@H]3CC[C@H](CC3)OC[C@@H]12. The Morgan fingerprint density at radius 1 is 1.16 bits per heavy atom. The van der Waals surface area contributed by atoms with Gasteiger partial charge in [0, 0.05) is 24.9 Å². The molecule has 1 saturated heterocycles. The fourth-order valence-electron chi connectivity index (χ4n) is 4.88. The van der Waals surface area contributed by atoms with Gasteiger partial charge < -0.3 is 24.4 Å². The predicted molar refractivity (Wildman–Crippen MR) is 116 cm³/mol. The summed E-state index contributed by atoms with van der Waals surface area (Å²) in [6.07, 6.45) is 8.22. The molecule has 0 radical (unpaired) electrons. The summed E-state index contributed by atoms with van der Waals surface area (Å²) < 4.78 is 17.6. The van der Waals surface area contributed by atoms with E-state index in [0.717, 1.165) is 44.2 Å². The second-order valence-electron chi connectivity index (χ2n) is 9.89. The van der Waals surface area contributed by atoms with Gasteiger partial charge in [0.05, 0.1) is 24.8 Å². The van der Waals surface area contributed by atoms with Crippen molar-refractivity contribution in [1.29, 1.82) is 0 Å². The molecule has 32 heavy (non-hydrogen) atoms. The van der Waals surface area contributed by atoms with E-state index < -0.39 is 11.7 Å². The van der Waals surface area contributed by atoms with Crippen molar-refractivity contribution >= 4 is 12.0 Å². The summed E-state index contributed by atoms with van der Waals surface area (Å²) in [6.45, 7) is 6.37. The molecule has 1 aromatic heterocycles. The third kappa shape index (κ3) is 5.49. The van der Waals surface area contributed by atoms with Gasteiger partial charge in [-0.2, -0.15) is 0 Å². The van der Waals surface area contributed by atoms with E-state index in [4.69, 9.17) is 14.2 Å². The maximum atomic E-state index is 13.2. The van der Waals surface area contributed by atoms with E-state index in [1.165, 1.54) is 0 Å². The summed E-state index contributed by atoms with van der Waals surface area (Å²) >= 11 is 0. The molecular weight excluding hydrogens is 412 g/mol. The topological polar surface area (TPSA) is 103 Å². The van der Waals surface area contributed by atoms with Crippen LogP contribution in [0, 0.1) is 0 Å². The third-order valence-electron chi connectivity index (χ3n) is 6.39. The number of aromatic nitrogens is 2. The smallest absolute Gasteiger partial charge is 0.407 e. The number of piperidine rings is 1. The van der Waals surface area contributed by atoms with Gasteiger partial charge in [0.1, 0.15) is 11.3 Å². The minimum Gasteiger partial charge on any atom is -0.466 e. The van der Waals surface area contributed by atoms with Crippen molar-refractivity contribution < 1.29 is 23.8 Å². The molecule has 1 saturated carbocycles. The molecule has 0 spiro atoms. The third-order valence-corrected chi connectivity index (χ3v) is 6.39. The fraction of sp³-hybridized carbons (Fsp3) is 0.739. The number of nitrogens with one attached hydrogen (secondary N) is 1. The van der Waals surface area contributed by atoms with Crippen molar-refractivity contribution in [2.24, 2.45) is 0 Å². The van der Waals surface area contributed by atoms with Crippen LogP contribution in [0.2, 0.25) is 0 Å². The monoisotopic (exact) mass is 446 g/mol. The number of hydrogen-bond donors (Lipinski definition) is 1. The Morgan fingerprint density at radius 2 is 1.91 bits per heavy atom. The highest BCUT2D eigenvalue weighted by Crippen LogP contribution is 2.37. The standard InChI is InChI=1S/C23H34N4O5/c1-23(2,3)32-22(29)26-17-5-4-12-27-18(17)13-30-16-8-6-15(7-9-16)20-21(25-11-10-24-20)31-14-19(27)28/h10-11,15-18H,4-9,12-14H2,1-3H3,(H,26,29)/t15-,16+,17-,18-/m0/s1. The van der Waals surface area contributed by atoms with Crippen molar-refractivity contribution in [2.45, 2.75) is 89.0 Å². The molecule has 2 bridgehead atoms. The molecule has 2 amide bonds. The zero-order valence-corrected chi connectivity index (χ0v) is 19.2. The first kappa shape index (κ1) is 22.8. The van der Waals surface area contributed by atoms with Gasteiger partial charge in [-0.3, -0.25) is 9.78 Å². The number of rotatable bonds is 1. The van der Waals surface area contributed by atoms with Gasteiger partial charge in [-0.1, -0.05) is 0 Å². The lowest BCUT2D eigenvalue weighted by Crippen LogP contribution is -2.60. The van der Waals surface area contributed by atoms with Crippen LogP contribution in [0.4, 0.5) is 4.79 Å². The molecule has 2 fully saturated rings. The maximum absolute atomic E-state index is 13.2. The number of amides is 2. The van der Waals surface area contributed by atoms with Gasteiger partial charge in [0.2, 0.25) is 5.88 Å². The maximum Gasteiger partial charge on any atom is 0.407 e. The molecule has 9 nitrogen and oxygen atoms in total. The van der Waals surface area contributed by atoms with Gasteiger partial charge in [-0.25, -0.2) is 9.78 Å². The van der Waals surface area contributed by atoms with E-state index in [1.807, 2.05) is 20.8 Å². The molecule has 9 heteroatoms. The van der Waals surface area contributed by atoms with E-state index >= 15 is 0 Å². The number of alkyl carbamates (subject to hydrolysis) is 1. The molecule has 3 aliphatic heterocycles. The molecule has 176 valence electrons. The summed E-state index contributed by atoms with van der Waals surface area (Å²) in [5.74, 6) is 0.567. The number of carbonyl (C=O) groups excluding carboxylic acids is 2. The Labute approximate surface area is 189 Å². The van der Waals surface area contributed by atoms with Crippen LogP contribution in [-0.2, 0) is 14.3 Å². The number of carbonyl (C=O) groups is 2. The molecule has 2 atom stereocenters. The highest BCUT2D eigenvalue weighted by molar-refractivity contribution is 5.78. The highest BCUT2D eigenvalue weighted by atomic mass is 16.6. The zero-order valence-electron chi connectivity index (χ0n) is 19.2. The van der Waals surface area contributed by atoms with Gasteiger partial charge in [0.25, 0.3) is 5.91 Å². The Balaban J connectivity index is 1.54. The van der Waals surface area contributed by atoms with E-state index in [9.17, 15) is 9.59 Å². The molecule has 0 unspecified atom stereocenters. The second kappa shape index (κ2) is 9.60. The summed E-state index contributed by atoms with van der Waals surface area (Å²) in [6, 6.07) is -0.511. The number of hydrogen-bond acceptors (Lipinski definition) is 7. The Bertz CT molecular complexity index is 819. The van der Waals surface area contributed by atoms with Crippen molar-refractivity contribution in [1.82, 2.24) is 20.2 Å². The molecule has 4 heterocycles. The molecule has 1 aliphatic carbocycles. The van der Waals surface area contributed by atoms with E-state index in [1.54, 1.807) is 17.3 Å². The lowest BCUT2D eigenvalue weighted by Gasteiger charge is -2.42. The fourth-order valence-corrected chi connectivity index (χ4v) is 4.88. The molecule has 4 aliphatic rings. The lowest BCUT2D eigenvalue weighted by atomic mass is 9.85. The summed E-state index contributed by atoms with van der Waals surface area (Å²) in [5.41, 5.74) is 0.244. The lowest BCUT2D eigenvalue weighted by molar-refractivity contribution is -0.141. The number of fused-ring (bicyclic) bond motifs is 5. The second-order valence-corrected chi connectivity index (χ2v) is 9.89. The van der Waals surface area contributed by atoms with E-state index in [0.29, 0.717) is 19.0 Å². The normalized spacial score (nSPS) is 28.8. The summed E-state index contributed by atoms with van der Waals surface area (Å²) in [4.78, 5) is 36.3. The van der Waals surface area contributed by atoms with Crippen molar-refractivity contribution in [3.8, 4) is 5.88 Å². The van der Waals surface area contributed by atoms with E-state index in [-0.39, 0.29) is 36.6 Å². The zero-order chi connectivity index (χ0) is 22.7. The van der Waals surface area contributed by atoms with Crippen LogP contribution in [0.1, 0.15) is 70.9 Å². The number of ether oxygens (including phenoxy) is 3. The van der Waals surface area contributed by atoms with Gasteiger partial charge in [-0.05, 0) is 59.3 Å². The first-order chi connectivity index (χ1) is 15.3. The van der Waals surface area contributed by atoms with Gasteiger partial charge in [-0.15, -0.1) is 0 Å². The van der Waals surface area contributed by atoms with Gasteiger partial charge in [0.15, 0.2) is 6.61 Å². The average Bonchev–Trinajstić information content (AvgIpc) is 2.76. The first-order valence-corrected chi connectivity index (χ1v) is 11.6. The highest BCUT2D eigenvalue weighted by Gasteiger charge is 2.38. The summed E-state index contributed by atoms with van der Waals surface area (Å²) in [5, 5.41) is 2.98. The van der Waals surface area contributed by atoms with Crippen LogP contribution in [-0.4, -0.2) is 70.4 Å². The predicted octanol–water partition coefficient (Wildman–Crippen LogP) is 2.80. The number of nitrogens with zero attached hydrogens (tertiary/aromatic N) is 3. The van der Waals surface area contributed by atoms with Gasteiger partial charge >= 0.3 is 6.09 Å². The van der Waals surface area contributed by atoms with E-state index in [2.05, 4.69) is 15.3 Å². The molecule has 0 aromatic carbocycles. The van der Waals surface area contributed by atoms with Crippen molar-refractivity contribution in [3.05, 3.63) is 18.1 Å². The van der Waals surface area contributed by atoms with Crippen LogP contribution in [0.25, 0.3) is 0 Å². The molecule has 5 rings (SSSR count). The van der Waals surface area contributed by atoms with Crippen LogP contribution < -0.4 is 10.1 Å². The first-order valence-electron chi connectivity index (χ1n) is 11.6.